The highest BCUT2D eigenvalue weighted by Crippen LogP contribution is 1.87. The molecule has 9 heteroatoms. The Morgan fingerprint density at radius 3 is 2.27 bits per heavy atom. The molecule has 8 N–H and O–H groups in total. The lowest BCUT2D eigenvalue weighted by molar-refractivity contribution is 0.256. The lowest BCUT2D eigenvalue weighted by Gasteiger charge is -1.96. The third kappa shape index (κ3) is 7.77. The number of aromatic amines is 1. The largest absolute Gasteiger partial charge is 0.352 e. The van der Waals surface area contributed by atoms with Gasteiger partial charge in [0.2, 0.25) is 5.95 Å². The molecule has 9 nitrogen and oxygen atoms in total. The normalized spacial score (nSPS) is 8.27. The van der Waals surface area contributed by atoms with Gasteiger partial charge in [0.15, 0.2) is 0 Å². The van der Waals surface area contributed by atoms with Gasteiger partial charge in [-0.3, -0.25) is 15.1 Å². The topological polar surface area (TPSA) is 170 Å². The minimum absolute atomic E-state index is 0.0463. The Hall–Kier alpha value is -2.58. The number of aromatic nitrogens is 2. The third-order valence-electron chi connectivity index (χ3n) is 0.913. The second-order valence-corrected chi connectivity index (χ2v) is 2.17. The average Bonchev–Trinajstić information content (AvgIpc) is 2.00. The van der Waals surface area contributed by atoms with Crippen LogP contribution in [-0.2, 0) is 0 Å². The zero-order valence-electron chi connectivity index (χ0n) is 7.56. The van der Waals surface area contributed by atoms with Crippen LogP contribution in [0.15, 0.2) is 17.1 Å². The van der Waals surface area contributed by atoms with Crippen molar-refractivity contribution in [2.75, 3.05) is 5.32 Å². The summed E-state index contributed by atoms with van der Waals surface area (Å²) in [4.78, 5) is 35.7. The summed E-state index contributed by atoms with van der Waals surface area (Å²) in [6.07, 6.45) is 1.27. The van der Waals surface area contributed by atoms with E-state index in [4.69, 9.17) is 10.5 Å². The highest BCUT2D eigenvalue weighted by atomic mass is 16.2. The lowest BCUT2D eigenvalue weighted by Crippen LogP contribution is -2.22. The predicted molar refractivity (Wildman–Crippen MR) is 51.8 cm³/mol. The quantitative estimate of drug-likeness (QED) is 0.374. The number of nitrogens with one attached hydrogen (secondary N) is 2. The van der Waals surface area contributed by atoms with Gasteiger partial charge >= 0.3 is 12.1 Å². The van der Waals surface area contributed by atoms with Crippen LogP contribution < -0.4 is 28.1 Å². The smallest absolute Gasteiger partial charge is 0.318 e. The van der Waals surface area contributed by atoms with Crippen LogP contribution in [0.2, 0.25) is 0 Å². The summed E-state index contributed by atoms with van der Waals surface area (Å²) in [5.41, 5.74) is 12.9. The van der Waals surface area contributed by atoms with Crippen molar-refractivity contribution < 1.29 is 9.59 Å². The van der Waals surface area contributed by atoms with Crippen LogP contribution >= 0.6 is 0 Å². The number of urea groups is 2. The Bertz CT molecular complexity index is 396. The Morgan fingerprint density at radius 2 is 1.87 bits per heavy atom. The van der Waals surface area contributed by atoms with Gasteiger partial charge in [0.05, 0.1) is 0 Å². The van der Waals surface area contributed by atoms with Gasteiger partial charge in [-0.2, -0.15) is 0 Å². The lowest BCUT2D eigenvalue weighted by atomic mass is 10.6. The van der Waals surface area contributed by atoms with Crippen LogP contribution in [0.3, 0.4) is 0 Å². The summed E-state index contributed by atoms with van der Waals surface area (Å²) >= 11 is 0. The van der Waals surface area contributed by atoms with Crippen molar-refractivity contribution in [3.05, 3.63) is 22.6 Å². The first-order valence-corrected chi connectivity index (χ1v) is 3.58. The van der Waals surface area contributed by atoms with Gasteiger partial charge in [-0.1, -0.05) is 0 Å². The van der Waals surface area contributed by atoms with E-state index in [-0.39, 0.29) is 11.5 Å². The summed E-state index contributed by atoms with van der Waals surface area (Å²) in [6, 6.07) is -0.369. The van der Waals surface area contributed by atoms with Crippen LogP contribution in [0.25, 0.3) is 0 Å². The molecule has 1 aromatic heterocycles. The van der Waals surface area contributed by atoms with Crippen LogP contribution in [0.4, 0.5) is 15.5 Å². The molecular weight excluding hydrogens is 204 g/mol. The molecule has 0 bridgehead atoms. The Morgan fingerprint density at radius 1 is 1.33 bits per heavy atom. The zero-order valence-corrected chi connectivity index (χ0v) is 7.56. The van der Waals surface area contributed by atoms with Gasteiger partial charge in [0.25, 0.3) is 5.56 Å². The summed E-state index contributed by atoms with van der Waals surface area (Å²) < 4.78 is 0. The van der Waals surface area contributed by atoms with Gasteiger partial charge in [-0.25, -0.2) is 14.6 Å². The van der Waals surface area contributed by atoms with E-state index < -0.39 is 12.1 Å². The number of carbonyl (C=O) groups excluding carboxylic acids is 2. The second-order valence-electron chi connectivity index (χ2n) is 2.17. The Labute approximate surface area is 83.7 Å². The first-order valence-electron chi connectivity index (χ1n) is 3.58. The molecule has 0 spiro atoms. The number of carbonyl (C=O) groups is 2. The number of nitrogens with two attached hydrogens (primary N) is 3. The second kappa shape index (κ2) is 5.96. The van der Waals surface area contributed by atoms with E-state index in [1.54, 1.807) is 0 Å². The van der Waals surface area contributed by atoms with Crippen molar-refractivity contribution in [1.29, 1.82) is 0 Å². The van der Waals surface area contributed by atoms with Crippen molar-refractivity contribution in [1.82, 2.24) is 9.97 Å². The minimum Gasteiger partial charge on any atom is -0.352 e. The number of H-pyrrole nitrogens is 1. The summed E-state index contributed by atoms with van der Waals surface area (Å²) in [6.45, 7) is 0. The SMILES string of the molecule is NC(=O)Nc1nccc(=O)[nH]1.NC(N)=O. The van der Waals surface area contributed by atoms with Crippen molar-refractivity contribution in [3.63, 3.8) is 0 Å². The molecule has 0 saturated carbocycles. The molecule has 1 aromatic rings. The van der Waals surface area contributed by atoms with Crippen molar-refractivity contribution in [2.45, 2.75) is 0 Å². The van der Waals surface area contributed by atoms with Crippen LogP contribution in [0, 0.1) is 0 Å². The molecule has 15 heavy (non-hydrogen) atoms. The summed E-state index contributed by atoms with van der Waals surface area (Å²) in [5.74, 6) is 0.0463. The first-order chi connectivity index (χ1) is 6.91. The highest BCUT2D eigenvalue weighted by Gasteiger charge is 1.95. The standard InChI is InChI=1S/C5H6N4O2.CH4N2O/c6-4(11)9-5-7-2-1-3(10)8-5;2-1(3)4/h1-2H,(H4,6,7,8,9,10,11);(H4,2,3,4). The minimum atomic E-state index is -0.833. The molecular formula is C6H10N6O3. The molecule has 1 rings (SSSR count). The van der Waals surface area contributed by atoms with Gasteiger partial charge < -0.3 is 17.2 Å². The van der Waals surface area contributed by atoms with E-state index in [2.05, 4.69) is 26.8 Å². The van der Waals surface area contributed by atoms with E-state index in [9.17, 15) is 9.59 Å². The molecule has 0 saturated heterocycles. The van der Waals surface area contributed by atoms with E-state index in [1.165, 1.54) is 12.3 Å². The van der Waals surface area contributed by atoms with Crippen molar-refractivity contribution >= 4 is 18.0 Å². The molecule has 0 atom stereocenters. The molecule has 0 radical (unpaired) electrons. The Balaban J connectivity index is 0.000000423. The first kappa shape index (κ1) is 12.4. The van der Waals surface area contributed by atoms with Crippen LogP contribution in [-0.4, -0.2) is 22.0 Å². The molecule has 82 valence electrons. The van der Waals surface area contributed by atoms with E-state index in [1.807, 2.05) is 0 Å². The number of anilines is 1. The molecule has 4 amide bonds. The molecule has 0 aliphatic carbocycles. The van der Waals surface area contributed by atoms with E-state index >= 15 is 0 Å². The molecule has 0 unspecified atom stereocenters. The number of rotatable bonds is 1. The fourth-order valence-corrected chi connectivity index (χ4v) is 0.550. The maximum absolute atomic E-state index is 10.6. The summed E-state index contributed by atoms with van der Waals surface area (Å²) in [7, 11) is 0. The molecule has 0 aliphatic heterocycles. The highest BCUT2D eigenvalue weighted by molar-refractivity contribution is 5.85. The molecule has 0 aromatic carbocycles. The fourth-order valence-electron chi connectivity index (χ4n) is 0.550. The average molecular weight is 214 g/mol. The van der Waals surface area contributed by atoms with Crippen molar-refractivity contribution in [2.24, 2.45) is 17.2 Å². The van der Waals surface area contributed by atoms with E-state index in [0.717, 1.165) is 0 Å². The molecule has 0 aliphatic rings. The van der Waals surface area contributed by atoms with Crippen molar-refractivity contribution in [3.8, 4) is 0 Å². The summed E-state index contributed by atoms with van der Waals surface area (Å²) in [5, 5.41) is 2.12. The maximum atomic E-state index is 10.6. The fraction of sp³-hybridized carbons (Fsp3) is 0. The van der Waals surface area contributed by atoms with Gasteiger partial charge in [-0.05, 0) is 0 Å². The van der Waals surface area contributed by atoms with Crippen LogP contribution in [0.5, 0.6) is 0 Å². The number of hydrogen-bond donors (Lipinski definition) is 5. The Kier molecular flexibility index (Phi) is 4.94. The number of hydrogen-bond acceptors (Lipinski definition) is 4. The van der Waals surface area contributed by atoms with Gasteiger partial charge in [0.1, 0.15) is 0 Å². The van der Waals surface area contributed by atoms with Gasteiger partial charge in [0, 0.05) is 12.3 Å². The maximum Gasteiger partial charge on any atom is 0.318 e. The zero-order chi connectivity index (χ0) is 11.8. The molecule has 0 fully saturated rings. The predicted octanol–water partition coefficient (Wildman–Crippen LogP) is -1.72. The van der Waals surface area contributed by atoms with E-state index in [0.29, 0.717) is 0 Å². The number of nitrogens with zero attached hydrogens (tertiary/aromatic N) is 1. The van der Waals surface area contributed by atoms with Gasteiger partial charge in [-0.15, -0.1) is 0 Å². The number of primary amides is 3. The number of amides is 4. The van der Waals surface area contributed by atoms with Crippen LogP contribution in [0.1, 0.15) is 0 Å². The third-order valence-corrected chi connectivity index (χ3v) is 0.913. The monoisotopic (exact) mass is 214 g/mol. The molecule has 1 heterocycles.